The van der Waals surface area contributed by atoms with Crippen LogP contribution in [-0.4, -0.2) is 9.38 Å². The van der Waals surface area contributed by atoms with Crippen molar-refractivity contribution in [1.82, 2.24) is 9.38 Å². The number of benzene rings is 1. The van der Waals surface area contributed by atoms with Crippen LogP contribution in [-0.2, 0) is 6.61 Å². The molecule has 1 aromatic carbocycles. The Kier molecular flexibility index (Phi) is 3.65. The largest absolute Gasteiger partial charge is 0.486 e. The van der Waals surface area contributed by atoms with Crippen LogP contribution in [0.1, 0.15) is 5.69 Å². The Labute approximate surface area is 128 Å². The fraction of sp³-hybridized carbons (Fsp3) is 0.0769. The maximum Gasteiger partial charge on any atom is 0.258 e. The van der Waals surface area contributed by atoms with E-state index >= 15 is 0 Å². The number of rotatable bonds is 3. The molecule has 0 bridgehead atoms. The number of halogens is 2. The van der Waals surface area contributed by atoms with Crippen molar-refractivity contribution < 1.29 is 4.74 Å². The van der Waals surface area contributed by atoms with Gasteiger partial charge in [0, 0.05) is 28.7 Å². The van der Waals surface area contributed by atoms with Gasteiger partial charge in [-0.15, -0.1) is 11.3 Å². The molecular weight excluding hydrogens is 319 g/mol. The maximum absolute atomic E-state index is 11.8. The normalized spacial score (nSPS) is 10.9. The van der Waals surface area contributed by atoms with Gasteiger partial charge >= 0.3 is 0 Å². The highest BCUT2D eigenvalue weighted by Gasteiger charge is 2.06. The minimum Gasteiger partial charge on any atom is -0.486 e. The van der Waals surface area contributed by atoms with Gasteiger partial charge in [0.1, 0.15) is 12.4 Å². The van der Waals surface area contributed by atoms with Crippen molar-refractivity contribution in [2.45, 2.75) is 6.61 Å². The highest BCUT2D eigenvalue weighted by molar-refractivity contribution is 7.15. The molecule has 0 N–H and O–H groups in total. The van der Waals surface area contributed by atoms with Gasteiger partial charge in [0.05, 0.1) is 10.7 Å². The average Bonchev–Trinajstić information content (AvgIpc) is 2.89. The average molecular weight is 327 g/mol. The number of hydrogen-bond donors (Lipinski definition) is 0. The minimum absolute atomic E-state index is 0.132. The van der Waals surface area contributed by atoms with Gasteiger partial charge in [0.2, 0.25) is 0 Å². The van der Waals surface area contributed by atoms with Crippen LogP contribution in [0.5, 0.6) is 5.75 Å². The quantitative estimate of drug-likeness (QED) is 0.738. The monoisotopic (exact) mass is 326 g/mol. The Bertz CT molecular complexity index is 829. The van der Waals surface area contributed by atoms with Crippen molar-refractivity contribution in [1.29, 1.82) is 0 Å². The molecule has 4 nitrogen and oxygen atoms in total. The second-order valence-corrected chi connectivity index (χ2v) is 5.72. The zero-order valence-corrected chi connectivity index (χ0v) is 12.4. The van der Waals surface area contributed by atoms with Crippen LogP contribution in [0.2, 0.25) is 10.0 Å². The summed E-state index contributed by atoms with van der Waals surface area (Å²) in [6.45, 7) is 0.156. The van der Waals surface area contributed by atoms with E-state index in [-0.39, 0.29) is 12.2 Å². The number of nitrogens with zero attached hydrogens (tertiary/aromatic N) is 2. The lowest BCUT2D eigenvalue weighted by Crippen LogP contribution is -2.14. The first kappa shape index (κ1) is 13.4. The number of fused-ring (bicyclic) bond motifs is 1. The van der Waals surface area contributed by atoms with Crippen LogP contribution >= 0.6 is 34.5 Å². The summed E-state index contributed by atoms with van der Waals surface area (Å²) < 4.78 is 7.05. The van der Waals surface area contributed by atoms with Crippen molar-refractivity contribution in [3.8, 4) is 5.75 Å². The molecule has 102 valence electrons. The Morgan fingerprint density at radius 1 is 1.30 bits per heavy atom. The lowest BCUT2D eigenvalue weighted by atomic mass is 10.3. The Hall–Kier alpha value is -1.56. The standard InChI is InChI=1S/C13H8Cl2N2O2S/c14-8-1-2-10(15)11(5-8)19-7-9-6-12(18)17-3-4-20-13(17)16-9/h1-6H,7H2. The van der Waals surface area contributed by atoms with E-state index in [9.17, 15) is 4.79 Å². The Morgan fingerprint density at radius 2 is 2.15 bits per heavy atom. The molecule has 0 atom stereocenters. The van der Waals surface area contributed by atoms with Gasteiger partial charge in [-0.1, -0.05) is 23.2 Å². The van der Waals surface area contributed by atoms with Crippen molar-refractivity contribution in [2.24, 2.45) is 0 Å². The molecule has 0 saturated heterocycles. The van der Waals surface area contributed by atoms with E-state index in [4.69, 9.17) is 27.9 Å². The van der Waals surface area contributed by atoms with Gasteiger partial charge in [-0.2, -0.15) is 0 Å². The third kappa shape index (κ3) is 2.65. The van der Waals surface area contributed by atoms with Crippen molar-refractivity contribution >= 4 is 39.5 Å². The summed E-state index contributed by atoms with van der Waals surface area (Å²) in [6.07, 6.45) is 1.69. The van der Waals surface area contributed by atoms with Crippen molar-refractivity contribution in [3.05, 3.63) is 61.9 Å². The fourth-order valence-corrected chi connectivity index (χ4v) is 2.77. The Balaban J connectivity index is 1.86. The van der Waals surface area contributed by atoms with E-state index in [2.05, 4.69) is 4.98 Å². The van der Waals surface area contributed by atoms with Gasteiger partial charge in [0.25, 0.3) is 5.56 Å². The predicted octanol–water partition coefficient (Wildman–Crippen LogP) is 3.64. The van der Waals surface area contributed by atoms with Gasteiger partial charge in [-0.3, -0.25) is 9.20 Å². The SMILES string of the molecule is O=c1cc(COc2cc(Cl)ccc2Cl)nc2sccn12. The van der Waals surface area contributed by atoms with Crippen LogP contribution < -0.4 is 10.3 Å². The van der Waals surface area contributed by atoms with Crippen molar-refractivity contribution in [2.75, 3.05) is 0 Å². The summed E-state index contributed by atoms with van der Waals surface area (Å²) in [4.78, 5) is 16.8. The maximum atomic E-state index is 11.8. The second-order valence-electron chi connectivity index (χ2n) is 4.00. The van der Waals surface area contributed by atoms with E-state index in [0.717, 1.165) is 0 Å². The van der Waals surface area contributed by atoms with E-state index in [1.807, 2.05) is 5.38 Å². The van der Waals surface area contributed by atoms with Crippen molar-refractivity contribution in [3.63, 3.8) is 0 Å². The molecule has 0 fully saturated rings. The molecule has 0 amide bonds. The van der Waals surface area contributed by atoms with E-state index < -0.39 is 0 Å². The molecule has 2 heterocycles. The minimum atomic E-state index is -0.132. The molecule has 0 spiro atoms. The van der Waals surface area contributed by atoms with Crippen LogP contribution in [0, 0.1) is 0 Å². The van der Waals surface area contributed by atoms with E-state index in [1.54, 1.807) is 24.4 Å². The van der Waals surface area contributed by atoms with Crippen LogP contribution in [0.25, 0.3) is 4.96 Å². The summed E-state index contributed by atoms with van der Waals surface area (Å²) >= 11 is 13.3. The molecule has 7 heteroatoms. The van der Waals surface area contributed by atoms with Crippen LogP contribution in [0.15, 0.2) is 40.6 Å². The summed E-state index contributed by atoms with van der Waals surface area (Å²) in [5.41, 5.74) is 0.417. The molecule has 20 heavy (non-hydrogen) atoms. The Morgan fingerprint density at radius 3 is 3.00 bits per heavy atom. The third-order valence-corrected chi connectivity index (χ3v) is 3.93. The number of hydrogen-bond acceptors (Lipinski definition) is 4. The summed E-state index contributed by atoms with van der Waals surface area (Å²) in [5, 5.41) is 2.80. The van der Waals surface area contributed by atoms with Gasteiger partial charge in [-0.25, -0.2) is 4.98 Å². The molecule has 3 aromatic rings. The number of aromatic nitrogens is 2. The molecule has 0 saturated carbocycles. The topological polar surface area (TPSA) is 43.6 Å². The number of thiazole rings is 1. The molecule has 0 aliphatic carbocycles. The zero-order chi connectivity index (χ0) is 14.1. The summed E-state index contributed by atoms with van der Waals surface area (Å²) in [6, 6.07) is 6.40. The molecule has 2 aromatic heterocycles. The first-order valence-corrected chi connectivity index (χ1v) is 7.31. The lowest BCUT2D eigenvalue weighted by Gasteiger charge is -2.07. The summed E-state index contributed by atoms with van der Waals surface area (Å²) in [7, 11) is 0. The predicted molar refractivity (Wildman–Crippen MR) is 80.1 cm³/mol. The summed E-state index contributed by atoms with van der Waals surface area (Å²) in [5.74, 6) is 0.465. The fourth-order valence-electron chi connectivity index (χ4n) is 1.70. The second kappa shape index (κ2) is 5.44. The lowest BCUT2D eigenvalue weighted by molar-refractivity contribution is 0.301. The molecule has 0 radical (unpaired) electrons. The first-order chi connectivity index (χ1) is 9.63. The zero-order valence-electron chi connectivity index (χ0n) is 10.0. The molecule has 0 aliphatic rings. The molecule has 3 rings (SSSR count). The van der Waals surface area contributed by atoms with Crippen LogP contribution in [0.4, 0.5) is 0 Å². The molecular formula is C13H8Cl2N2O2S. The van der Waals surface area contributed by atoms with E-state index in [0.29, 0.717) is 26.4 Å². The smallest absolute Gasteiger partial charge is 0.258 e. The third-order valence-electron chi connectivity index (χ3n) is 2.63. The highest BCUT2D eigenvalue weighted by Crippen LogP contribution is 2.28. The first-order valence-electron chi connectivity index (χ1n) is 5.67. The molecule has 0 aliphatic heterocycles. The van der Waals surface area contributed by atoms with Gasteiger partial charge < -0.3 is 4.74 Å². The number of ether oxygens (including phenoxy) is 1. The highest BCUT2D eigenvalue weighted by atomic mass is 35.5. The van der Waals surface area contributed by atoms with Gasteiger partial charge in [-0.05, 0) is 12.1 Å². The molecule has 0 unspecified atom stereocenters. The van der Waals surface area contributed by atoms with Gasteiger partial charge in [0.15, 0.2) is 4.96 Å². The van der Waals surface area contributed by atoms with E-state index in [1.165, 1.54) is 21.8 Å². The van der Waals surface area contributed by atoms with Crippen LogP contribution in [0.3, 0.4) is 0 Å².